The molecule has 1 heterocycles. The van der Waals surface area contributed by atoms with Crippen molar-refractivity contribution in [2.45, 2.75) is 32.1 Å². The standard InChI is InChI=1S/C9H16FNO/c10-6-4-5-9(12)11-7-2-1-3-8-11/h1-8H2. The minimum absolute atomic E-state index is 0.132. The zero-order valence-corrected chi connectivity index (χ0v) is 7.39. The fraction of sp³-hybridized carbons (Fsp3) is 0.889. The van der Waals surface area contributed by atoms with Gasteiger partial charge in [0.15, 0.2) is 0 Å². The van der Waals surface area contributed by atoms with Gasteiger partial charge in [0.05, 0.1) is 6.67 Å². The fourth-order valence-corrected chi connectivity index (χ4v) is 1.52. The summed E-state index contributed by atoms with van der Waals surface area (Å²) in [6, 6.07) is 0. The first-order valence-corrected chi connectivity index (χ1v) is 4.68. The van der Waals surface area contributed by atoms with E-state index in [4.69, 9.17) is 0 Å². The SMILES string of the molecule is O=C(CCCF)N1CCCCC1. The third-order valence-electron chi connectivity index (χ3n) is 2.23. The van der Waals surface area contributed by atoms with E-state index < -0.39 is 0 Å². The molecule has 1 saturated heterocycles. The molecule has 1 aliphatic heterocycles. The Kier molecular flexibility index (Phi) is 4.05. The second-order valence-corrected chi connectivity index (χ2v) is 3.23. The molecule has 0 aromatic carbocycles. The average Bonchev–Trinajstić information content (AvgIpc) is 2.15. The topological polar surface area (TPSA) is 20.3 Å². The number of alkyl halides is 1. The molecule has 12 heavy (non-hydrogen) atoms. The molecule has 0 aliphatic carbocycles. The molecular formula is C9H16FNO. The molecule has 0 saturated carbocycles. The van der Waals surface area contributed by atoms with Gasteiger partial charge in [0.2, 0.25) is 5.91 Å². The first kappa shape index (κ1) is 9.49. The number of carbonyl (C=O) groups excluding carboxylic acids is 1. The molecule has 2 nitrogen and oxygen atoms in total. The maximum Gasteiger partial charge on any atom is 0.222 e. The van der Waals surface area contributed by atoms with Crippen LogP contribution in [0.5, 0.6) is 0 Å². The summed E-state index contributed by atoms with van der Waals surface area (Å²) in [5.41, 5.74) is 0. The molecule has 1 rings (SSSR count). The highest BCUT2D eigenvalue weighted by Crippen LogP contribution is 2.10. The zero-order valence-electron chi connectivity index (χ0n) is 7.39. The van der Waals surface area contributed by atoms with Crippen LogP contribution in [0.15, 0.2) is 0 Å². The predicted octanol–water partition coefficient (Wildman–Crippen LogP) is 1.75. The molecule has 0 radical (unpaired) electrons. The molecule has 0 aromatic heterocycles. The highest BCUT2D eigenvalue weighted by atomic mass is 19.1. The van der Waals surface area contributed by atoms with Crippen LogP contribution in [0, 0.1) is 0 Å². The van der Waals surface area contributed by atoms with Gasteiger partial charge in [-0.25, -0.2) is 0 Å². The molecule has 0 spiro atoms. The third kappa shape index (κ3) is 2.80. The number of rotatable bonds is 3. The summed E-state index contributed by atoms with van der Waals surface area (Å²) >= 11 is 0. The Morgan fingerprint density at radius 2 is 1.92 bits per heavy atom. The van der Waals surface area contributed by atoms with E-state index in [-0.39, 0.29) is 12.6 Å². The fourth-order valence-electron chi connectivity index (χ4n) is 1.52. The maximum atomic E-state index is 11.7. The van der Waals surface area contributed by atoms with Crippen molar-refractivity contribution in [3.05, 3.63) is 0 Å². The summed E-state index contributed by atoms with van der Waals surface area (Å²) < 4.78 is 11.7. The lowest BCUT2D eigenvalue weighted by Gasteiger charge is -2.26. The molecule has 0 aromatic rings. The lowest BCUT2D eigenvalue weighted by atomic mass is 10.1. The Morgan fingerprint density at radius 1 is 1.25 bits per heavy atom. The van der Waals surface area contributed by atoms with Gasteiger partial charge in [0.1, 0.15) is 0 Å². The van der Waals surface area contributed by atoms with Gasteiger partial charge in [-0.15, -0.1) is 0 Å². The summed E-state index contributed by atoms with van der Waals surface area (Å²) in [5.74, 6) is 0.132. The second-order valence-electron chi connectivity index (χ2n) is 3.23. The molecule has 0 N–H and O–H groups in total. The van der Waals surface area contributed by atoms with Crippen LogP contribution in [0.1, 0.15) is 32.1 Å². The van der Waals surface area contributed by atoms with Crippen LogP contribution in [0.3, 0.4) is 0 Å². The monoisotopic (exact) mass is 173 g/mol. The normalized spacial score (nSPS) is 17.9. The largest absolute Gasteiger partial charge is 0.343 e. The van der Waals surface area contributed by atoms with Crippen molar-refractivity contribution in [3.63, 3.8) is 0 Å². The molecule has 1 amide bonds. The van der Waals surface area contributed by atoms with Crippen LogP contribution < -0.4 is 0 Å². The van der Waals surface area contributed by atoms with E-state index in [9.17, 15) is 9.18 Å². The molecule has 0 unspecified atom stereocenters. The highest BCUT2D eigenvalue weighted by molar-refractivity contribution is 5.76. The summed E-state index contributed by atoms with van der Waals surface area (Å²) in [6.07, 6.45) is 4.22. The second kappa shape index (κ2) is 5.12. The van der Waals surface area contributed by atoms with Crippen molar-refractivity contribution in [1.82, 2.24) is 4.90 Å². The summed E-state index contributed by atoms with van der Waals surface area (Å²) in [5, 5.41) is 0. The van der Waals surface area contributed by atoms with E-state index in [0.717, 1.165) is 25.9 Å². The van der Waals surface area contributed by atoms with Crippen molar-refractivity contribution >= 4 is 5.91 Å². The maximum absolute atomic E-state index is 11.7. The molecule has 1 aliphatic rings. The Labute approximate surface area is 72.7 Å². The number of amides is 1. The van der Waals surface area contributed by atoms with Crippen LogP contribution >= 0.6 is 0 Å². The predicted molar refractivity (Wildman–Crippen MR) is 45.6 cm³/mol. The highest BCUT2D eigenvalue weighted by Gasteiger charge is 2.15. The van der Waals surface area contributed by atoms with E-state index in [0.29, 0.717) is 12.8 Å². The molecule has 3 heteroatoms. The van der Waals surface area contributed by atoms with Gasteiger partial charge in [-0.1, -0.05) is 0 Å². The summed E-state index contributed by atoms with van der Waals surface area (Å²) in [7, 11) is 0. The Morgan fingerprint density at radius 3 is 2.50 bits per heavy atom. The van der Waals surface area contributed by atoms with Crippen molar-refractivity contribution in [2.75, 3.05) is 19.8 Å². The number of halogens is 1. The van der Waals surface area contributed by atoms with Gasteiger partial charge in [0.25, 0.3) is 0 Å². The Bertz CT molecular complexity index is 143. The first-order chi connectivity index (χ1) is 5.84. The smallest absolute Gasteiger partial charge is 0.222 e. The van der Waals surface area contributed by atoms with E-state index in [1.54, 1.807) is 0 Å². The molecule has 1 fully saturated rings. The van der Waals surface area contributed by atoms with E-state index in [2.05, 4.69) is 0 Å². The van der Waals surface area contributed by atoms with E-state index in [1.807, 2.05) is 4.90 Å². The number of hydrogen-bond acceptors (Lipinski definition) is 1. The minimum atomic E-state index is -0.375. The minimum Gasteiger partial charge on any atom is -0.343 e. The lowest BCUT2D eigenvalue weighted by molar-refractivity contribution is -0.132. The van der Waals surface area contributed by atoms with Crippen molar-refractivity contribution in [2.24, 2.45) is 0 Å². The van der Waals surface area contributed by atoms with E-state index >= 15 is 0 Å². The quantitative estimate of drug-likeness (QED) is 0.636. The van der Waals surface area contributed by atoms with Crippen LogP contribution in [0.25, 0.3) is 0 Å². The van der Waals surface area contributed by atoms with Crippen LogP contribution in [0.4, 0.5) is 4.39 Å². The average molecular weight is 173 g/mol. The van der Waals surface area contributed by atoms with Gasteiger partial charge in [-0.05, 0) is 25.7 Å². The van der Waals surface area contributed by atoms with Gasteiger partial charge >= 0.3 is 0 Å². The van der Waals surface area contributed by atoms with Crippen LogP contribution in [-0.2, 0) is 4.79 Å². The number of nitrogens with zero attached hydrogens (tertiary/aromatic N) is 1. The van der Waals surface area contributed by atoms with Gasteiger partial charge in [-0.3, -0.25) is 9.18 Å². The van der Waals surface area contributed by atoms with Crippen molar-refractivity contribution < 1.29 is 9.18 Å². The third-order valence-corrected chi connectivity index (χ3v) is 2.23. The van der Waals surface area contributed by atoms with Crippen molar-refractivity contribution in [1.29, 1.82) is 0 Å². The van der Waals surface area contributed by atoms with Crippen molar-refractivity contribution in [3.8, 4) is 0 Å². The van der Waals surface area contributed by atoms with E-state index in [1.165, 1.54) is 6.42 Å². The van der Waals surface area contributed by atoms with Gasteiger partial charge in [-0.2, -0.15) is 0 Å². The number of likely N-dealkylation sites (tertiary alicyclic amines) is 1. The molecule has 70 valence electrons. The number of piperidine rings is 1. The summed E-state index contributed by atoms with van der Waals surface area (Å²) in [4.78, 5) is 13.2. The Hall–Kier alpha value is -0.600. The lowest BCUT2D eigenvalue weighted by Crippen LogP contribution is -2.35. The molecule has 0 bridgehead atoms. The molecule has 0 atom stereocenters. The summed E-state index contributed by atoms with van der Waals surface area (Å²) in [6.45, 7) is 1.38. The number of hydrogen-bond donors (Lipinski definition) is 0. The molecular weight excluding hydrogens is 157 g/mol. The first-order valence-electron chi connectivity index (χ1n) is 4.68. The van der Waals surface area contributed by atoms with Crippen LogP contribution in [-0.4, -0.2) is 30.6 Å². The number of carbonyl (C=O) groups is 1. The van der Waals surface area contributed by atoms with Crippen LogP contribution in [0.2, 0.25) is 0 Å². The van der Waals surface area contributed by atoms with Gasteiger partial charge < -0.3 is 4.90 Å². The zero-order chi connectivity index (χ0) is 8.81. The Balaban J connectivity index is 2.20. The van der Waals surface area contributed by atoms with Gasteiger partial charge in [0, 0.05) is 19.5 Å².